The van der Waals surface area contributed by atoms with Gasteiger partial charge in [-0.25, -0.2) is 0 Å². The van der Waals surface area contributed by atoms with Crippen LogP contribution in [0.1, 0.15) is 29.2 Å². The fourth-order valence-electron chi connectivity index (χ4n) is 3.12. The molecule has 1 unspecified atom stereocenters. The van der Waals surface area contributed by atoms with Crippen LogP contribution in [0.2, 0.25) is 0 Å². The van der Waals surface area contributed by atoms with Crippen LogP contribution in [-0.2, 0) is 0 Å². The van der Waals surface area contributed by atoms with Crippen LogP contribution in [0.5, 0.6) is 0 Å². The second-order valence-electron chi connectivity index (χ2n) is 5.74. The summed E-state index contributed by atoms with van der Waals surface area (Å²) in [4.78, 5) is 6.90. The molecule has 0 spiro atoms. The van der Waals surface area contributed by atoms with Crippen LogP contribution in [0.25, 0.3) is 0 Å². The number of hydrogen-bond acceptors (Lipinski definition) is 3. The van der Waals surface area contributed by atoms with Gasteiger partial charge in [-0.1, -0.05) is 35.9 Å². The molecule has 1 N–H and O–H groups in total. The molecule has 0 bridgehead atoms. The van der Waals surface area contributed by atoms with Crippen molar-refractivity contribution in [2.45, 2.75) is 19.4 Å². The quantitative estimate of drug-likeness (QED) is 0.937. The molecule has 1 aromatic carbocycles. The van der Waals surface area contributed by atoms with Crippen LogP contribution in [-0.4, -0.2) is 36.1 Å². The van der Waals surface area contributed by atoms with E-state index in [1.807, 2.05) is 18.5 Å². The minimum atomic E-state index is 0.304. The van der Waals surface area contributed by atoms with E-state index >= 15 is 0 Å². The van der Waals surface area contributed by atoms with Crippen molar-refractivity contribution in [1.82, 2.24) is 15.2 Å². The molecule has 1 aliphatic rings. The monoisotopic (exact) mass is 281 g/mol. The van der Waals surface area contributed by atoms with Crippen molar-refractivity contribution in [3.8, 4) is 0 Å². The van der Waals surface area contributed by atoms with E-state index in [1.54, 1.807) is 0 Å². The van der Waals surface area contributed by atoms with Crippen LogP contribution in [0.4, 0.5) is 0 Å². The Balaban J connectivity index is 1.98. The lowest BCUT2D eigenvalue weighted by atomic mass is 9.97. The zero-order valence-corrected chi connectivity index (χ0v) is 12.6. The van der Waals surface area contributed by atoms with E-state index in [-0.39, 0.29) is 0 Å². The van der Waals surface area contributed by atoms with Crippen LogP contribution >= 0.6 is 0 Å². The Kier molecular flexibility index (Phi) is 4.63. The molecule has 1 saturated heterocycles. The number of aryl methyl sites for hydroxylation is 1. The van der Waals surface area contributed by atoms with Gasteiger partial charge in [0.2, 0.25) is 0 Å². The van der Waals surface area contributed by atoms with Gasteiger partial charge in [0.1, 0.15) is 0 Å². The number of aromatic nitrogens is 1. The predicted molar refractivity (Wildman–Crippen MR) is 86.3 cm³/mol. The minimum Gasteiger partial charge on any atom is -0.315 e. The maximum atomic E-state index is 4.33. The summed E-state index contributed by atoms with van der Waals surface area (Å²) >= 11 is 0. The first-order valence-electron chi connectivity index (χ1n) is 7.76. The maximum absolute atomic E-state index is 4.33. The number of rotatable bonds is 3. The molecule has 110 valence electrons. The molecule has 1 atom stereocenters. The molecule has 0 aliphatic carbocycles. The number of nitrogens with zero attached hydrogens (tertiary/aromatic N) is 2. The van der Waals surface area contributed by atoms with Crippen LogP contribution in [0.3, 0.4) is 0 Å². The molecule has 2 heterocycles. The summed E-state index contributed by atoms with van der Waals surface area (Å²) in [6.07, 6.45) is 5.05. The first-order chi connectivity index (χ1) is 10.3. The van der Waals surface area contributed by atoms with E-state index in [0.717, 1.165) is 26.2 Å². The Morgan fingerprint density at radius 2 is 2.00 bits per heavy atom. The van der Waals surface area contributed by atoms with Gasteiger partial charge in [-0.05, 0) is 37.1 Å². The lowest BCUT2D eigenvalue weighted by molar-refractivity contribution is 0.240. The normalized spacial score (nSPS) is 18.1. The van der Waals surface area contributed by atoms with Gasteiger partial charge in [0.15, 0.2) is 0 Å². The summed E-state index contributed by atoms with van der Waals surface area (Å²) in [7, 11) is 0. The van der Waals surface area contributed by atoms with E-state index in [4.69, 9.17) is 0 Å². The highest BCUT2D eigenvalue weighted by molar-refractivity contribution is 5.33. The Hall–Kier alpha value is -1.71. The number of nitrogens with one attached hydrogen (secondary N) is 1. The van der Waals surface area contributed by atoms with Gasteiger partial charge in [-0.15, -0.1) is 0 Å². The van der Waals surface area contributed by atoms with Crippen molar-refractivity contribution in [2.24, 2.45) is 0 Å². The van der Waals surface area contributed by atoms with Gasteiger partial charge in [-0.3, -0.25) is 9.88 Å². The summed E-state index contributed by atoms with van der Waals surface area (Å²) in [6, 6.07) is 13.4. The van der Waals surface area contributed by atoms with E-state index in [0.29, 0.717) is 6.04 Å². The van der Waals surface area contributed by atoms with E-state index in [1.165, 1.54) is 23.1 Å². The number of hydrogen-bond donors (Lipinski definition) is 1. The van der Waals surface area contributed by atoms with Crippen LogP contribution < -0.4 is 5.32 Å². The summed E-state index contributed by atoms with van der Waals surface area (Å²) in [5, 5.41) is 3.49. The second kappa shape index (κ2) is 6.83. The lowest BCUT2D eigenvalue weighted by Gasteiger charge is -2.31. The molecule has 1 aliphatic heterocycles. The smallest absolute Gasteiger partial charge is 0.0617 e. The highest BCUT2D eigenvalue weighted by Crippen LogP contribution is 2.29. The number of pyridine rings is 1. The molecule has 0 radical (unpaired) electrons. The average molecular weight is 281 g/mol. The summed E-state index contributed by atoms with van der Waals surface area (Å²) in [6.45, 7) is 6.54. The largest absolute Gasteiger partial charge is 0.315 e. The topological polar surface area (TPSA) is 28.2 Å². The first kappa shape index (κ1) is 14.2. The third-order valence-electron chi connectivity index (χ3n) is 4.10. The average Bonchev–Trinajstić information content (AvgIpc) is 2.78. The summed E-state index contributed by atoms with van der Waals surface area (Å²) < 4.78 is 0. The number of benzene rings is 1. The fourth-order valence-corrected chi connectivity index (χ4v) is 3.12. The van der Waals surface area contributed by atoms with E-state index in [2.05, 4.69) is 52.5 Å². The van der Waals surface area contributed by atoms with Crippen molar-refractivity contribution < 1.29 is 0 Å². The van der Waals surface area contributed by atoms with Gasteiger partial charge in [0.25, 0.3) is 0 Å². The standard InChI is InChI=1S/C18H23N3/c1-15-5-2-6-16(13-15)18(17-7-3-8-20-14-17)21-11-4-9-19-10-12-21/h2-3,5-8,13-14,18-19H,4,9-12H2,1H3. The molecular formula is C18H23N3. The molecule has 3 nitrogen and oxygen atoms in total. The van der Waals surface area contributed by atoms with Gasteiger partial charge in [0.05, 0.1) is 6.04 Å². The molecule has 0 saturated carbocycles. The highest BCUT2D eigenvalue weighted by atomic mass is 15.2. The van der Waals surface area contributed by atoms with Crippen LogP contribution in [0.15, 0.2) is 48.8 Å². The van der Waals surface area contributed by atoms with Crippen molar-refractivity contribution in [3.63, 3.8) is 0 Å². The zero-order chi connectivity index (χ0) is 14.5. The van der Waals surface area contributed by atoms with Gasteiger partial charge >= 0.3 is 0 Å². The fraction of sp³-hybridized carbons (Fsp3) is 0.389. The van der Waals surface area contributed by atoms with Gasteiger partial charge in [-0.2, -0.15) is 0 Å². The lowest BCUT2D eigenvalue weighted by Crippen LogP contribution is -2.33. The third-order valence-corrected chi connectivity index (χ3v) is 4.10. The van der Waals surface area contributed by atoms with Gasteiger partial charge < -0.3 is 5.32 Å². The Labute approximate surface area is 127 Å². The van der Waals surface area contributed by atoms with Crippen molar-refractivity contribution in [1.29, 1.82) is 0 Å². The molecule has 3 heteroatoms. The van der Waals surface area contributed by atoms with Gasteiger partial charge in [0, 0.05) is 32.0 Å². The van der Waals surface area contributed by atoms with E-state index in [9.17, 15) is 0 Å². The third kappa shape index (κ3) is 3.49. The molecule has 1 aromatic heterocycles. The summed E-state index contributed by atoms with van der Waals surface area (Å²) in [5.41, 5.74) is 3.96. The zero-order valence-electron chi connectivity index (χ0n) is 12.6. The Morgan fingerprint density at radius 3 is 2.81 bits per heavy atom. The molecular weight excluding hydrogens is 258 g/mol. The molecule has 1 fully saturated rings. The van der Waals surface area contributed by atoms with Crippen molar-refractivity contribution in [3.05, 3.63) is 65.5 Å². The Morgan fingerprint density at radius 1 is 1.10 bits per heavy atom. The van der Waals surface area contributed by atoms with Crippen molar-refractivity contribution in [2.75, 3.05) is 26.2 Å². The van der Waals surface area contributed by atoms with Crippen LogP contribution in [0, 0.1) is 6.92 Å². The second-order valence-corrected chi connectivity index (χ2v) is 5.74. The molecule has 3 rings (SSSR count). The molecule has 21 heavy (non-hydrogen) atoms. The van der Waals surface area contributed by atoms with E-state index < -0.39 is 0 Å². The SMILES string of the molecule is Cc1cccc(C(c2cccnc2)N2CCCNCC2)c1. The predicted octanol–water partition coefficient (Wildman–Crippen LogP) is 2.77. The first-order valence-corrected chi connectivity index (χ1v) is 7.76. The minimum absolute atomic E-state index is 0.304. The molecule has 2 aromatic rings. The maximum Gasteiger partial charge on any atom is 0.0617 e. The highest BCUT2D eigenvalue weighted by Gasteiger charge is 2.23. The Bertz CT molecular complexity index is 560. The molecule has 0 amide bonds. The summed E-state index contributed by atoms with van der Waals surface area (Å²) in [5.74, 6) is 0. The van der Waals surface area contributed by atoms with Crippen molar-refractivity contribution >= 4 is 0 Å².